The average Bonchev–Trinajstić information content (AvgIpc) is 3.49. The summed E-state index contributed by atoms with van der Waals surface area (Å²) in [5.74, 6) is 2.15. The molecule has 2 aliphatic carbocycles. The quantitative estimate of drug-likeness (QED) is 0.491. The molecule has 3 atom stereocenters. The highest BCUT2D eigenvalue weighted by Gasteiger charge is 2.45. The van der Waals surface area contributed by atoms with E-state index in [1.165, 1.54) is 0 Å². The second-order valence-corrected chi connectivity index (χ2v) is 9.23. The first kappa shape index (κ1) is 20.3. The summed E-state index contributed by atoms with van der Waals surface area (Å²) in [4.78, 5) is 20.3. The molecule has 0 amide bonds. The minimum Gasteiger partial charge on any atom is -0.421 e. The van der Waals surface area contributed by atoms with Crippen LogP contribution in [0.3, 0.4) is 0 Å². The molecular formula is C24H26FN7O. The first-order valence-electron chi connectivity index (χ1n) is 11.3. The minimum absolute atomic E-state index is 0.226. The lowest BCUT2D eigenvalue weighted by molar-refractivity contribution is 0.432. The van der Waals surface area contributed by atoms with Crippen molar-refractivity contribution in [2.45, 2.75) is 45.2 Å². The zero-order valence-corrected chi connectivity index (χ0v) is 18.9. The van der Waals surface area contributed by atoms with Crippen molar-refractivity contribution in [3.05, 3.63) is 46.9 Å². The van der Waals surface area contributed by atoms with E-state index in [2.05, 4.69) is 20.2 Å². The molecule has 6 rings (SSSR count). The van der Waals surface area contributed by atoms with Gasteiger partial charge in [-0.25, -0.2) is 14.4 Å². The number of aryl methyl sites for hydroxylation is 1. The van der Waals surface area contributed by atoms with E-state index in [1.54, 1.807) is 18.5 Å². The fourth-order valence-corrected chi connectivity index (χ4v) is 5.62. The third-order valence-corrected chi connectivity index (χ3v) is 7.27. The Hall–Kier alpha value is -3.33. The number of anilines is 2. The third kappa shape index (κ3) is 3.13. The number of hydrogen-bond acceptors (Lipinski definition) is 8. The van der Waals surface area contributed by atoms with Crippen LogP contribution in [0.25, 0.3) is 11.1 Å². The van der Waals surface area contributed by atoms with Gasteiger partial charge in [-0.1, -0.05) is 0 Å². The van der Waals surface area contributed by atoms with Gasteiger partial charge in [0, 0.05) is 43.3 Å². The summed E-state index contributed by atoms with van der Waals surface area (Å²) in [7, 11) is 1.81. The van der Waals surface area contributed by atoms with Gasteiger partial charge in [0.1, 0.15) is 17.5 Å². The monoisotopic (exact) mass is 447 g/mol. The smallest absolute Gasteiger partial charge is 0.324 e. The molecule has 1 saturated carbocycles. The van der Waals surface area contributed by atoms with E-state index >= 15 is 0 Å². The molecule has 3 heterocycles. The molecule has 33 heavy (non-hydrogen) atoms. The van der Waals surface area contributed by atoms with E-state index in [0.29, 0.717) is 35.5 Å². The van der Waals surface area contributed by atoms with Gasteiger partial charge in [0.25, 0.3) is 0 Å². The number of nitrogens with two attached hydrogens (primary N) is 1. The molecule has 1 saturated heterocycles. The highest BCUT2D eigenvalue weighted by atomic mass is 19.1. The molecule has 2 bridgehead atoms. The van der Waals surface area contributed by atoms with Gasteiger partial charge in [-0.05, 0) is 55.4 Å². The lowest BCUT2D eigenvalue weighted by atomic mass is 9.98. The maximum atomic E-state index is 14.9. The summed E-state index contributed by atoms with van der Waals surface area (Å²) in [6.07, 6.45) is 5.80. The molecule has 170 valence electrons. The normalized spacial score (nSPS) is 22.5. The van der Waals surface area contributed by atoms with Gasteiger partial charge in [0.2, 0.25) is 0 Å². The molecule has 0 spiro atoms. The second-order valence-electron chi connectivity index (χ2n) is 9.23. The van der Waals surface area contributed by atoms with Gasteiger partial charge in [-0.3, -0.25) is 0 Å². The zero-order valence-electron chi connectivity index (χ0n) is 18.9. The Morgan fingerprint density at radius 1 is 1.15 bits per heavy atom. The second kappa shape index (κ2) is 7.34. The van der Waals surface area contributed by atoms with Crippen LogP contribution in [0.15, 0.2) is 18.5 Å². The molecule has 8 nitrogen and oxygen atoms in total. The number of nitrogens with zero attached hydrogens (tertiary/aromatic N) is 5. The van der Waals surface area contributed by atoms with Gasteiger partial charge >= 0.3 is 6.01 Å². The number of benzene rings is 1. The number of aromatic nitrogens is 4. The lowest BCUT2D eigenvalue weighted by Gasteiger charge is -2.32. The number of ether oxygens (including phenoxy) is 1. The first-order valence-corrected chi connectivity index (χ1v) is 11.3. The predicted octanol–water partition coefficient (Wildman–Crippen LogP) is 3.35. The molecule has 0 radical (unpaired) electrons. The predicted molar refractivity (Wildman–Crippen MR) is 123 cm³/mol. The summed E-state index contributed by atoms with van der Waals surface area (Å²) >= 11 is 0. The number of rotatable bonds is 4. The van der Waals surface area contributed by atoms with Crippen LogP contribution >= 0.6 is 0 Å². The molecule has 9 heteroatoms. The van der Waals surface area contributed by atoms with Gasteiger partial charge in [0.15, 0.2) is 5.75 Å². The summed E-state index contributed by atoms with van der Waals surface area (Å²) in [5, 5.41) is 3.15. The van der Waals surface area contributed by atoms with Crippen molar-refractivity contribution in [1.29, 1.82) is 0 Å². The van der Waals surface area contributed by atoms with Crippen LogP contribution in [-0.4, -0.2) is 45.6 Å². The number of fused-ring (bicyclic) bond motifs is 5. The van der Waals surface area contributed by atoms with Crippen LogP contribution in [0, 0.1) is 25.6 Å². The van der Waals surface area contributed by atoms with Crippen molar-refractivity contribution in [3.63, 3.8) is 0 Å². The lowest BCUT2D eigenvalue weighted by Crippen LogP contribution is -2.41. The van der Waals surface area contributed by atoms with Gasteiger partial charge in [0.05, 0.1) is 18.1 Å². The summed E-state index contributed by atoms with van der Waals surface area (Å²) in [6.45, 7) is 4.48. The van der Waals surface area contributed by atoms with E-state index in [9.17, 15) is 4.39 Å². The first-order chi connectivity index (χ1) is 15.9. The van der Waals surface area contributed by atoms with Crippen molar-refractivity contribution >= 4 is 11.5 Å². The Bertz CT molecular complexity index is 1260. The van der Waals surface area contributed by atoms with Crippen LogP contribution in [0.4, 0.5) is 15.9 Å². The fourth-order valence-electron chi connectivity index (χ4n) is 5.62. The van der Waals surface area contributed by atoms with Gasteiger partial charge in [-0.2, -0.15) is 9.97 Å². The Labute approximate surface area is 191 Å². The van der Waals surface area contributed by atoms with Crippen molar-refractivity contribution in [2.75, 3.05) is 23.8 Å². The molecule has 3 aromatic rings. The maximum Gasteiger partial charge on any atom is 0.324 e. The Balaban J connectivity index is 1.51. The molecule has 2 fully saturated rings. The number of piperidine rings is 1. The molecule has 3 aliphatic rings. The summed E-state index contributed by atoms with van der Waals surface area (Å²) in [5.41, 5.74) is 11.4. The zero-order chi connectivity index (χ0) is 22.9. The summed E-state index contributed by atoms with van der Waals surface area (Å²) < 4.78 is 20.9. The molecular weight excluding hydrogens is 421 g/mol. The minimum atomic E-state index is -0.237. The molecule has 2 aromatic heterocycles. The molecule has 1 aromatic carbocycles. The number of hydrogen-bond donors (Lipinski definition) is 2. The van der Waals surface area contributed by atoms with Crippen molar-refractivity contribution in [2.24, 2.45) is 11.7 Å². The third-order valence-electron chi connectivity index (χ3n) is 7.27. The Morgan fingerprint density at radius 2 is 1.94 bits per heavy atom. The van der Waals surface area contributed by atoms with Crippen molar-refractivity contribution in [3.8, 4) is 22.9 Å². The topological polar surface area (TPSA) is 102 Å². The number of nitrogens with one attached hydrogen (secondary N) is 1. The van der Waals surface area contributed by atoms with E-state index in [0.717, 1.165) is 53.3 Å². The van der Waals surface area contributed by atoms with Crippen LogP contribution in [0.1, 0.15) is 35.5 Å². The highest BCUT2D eigenvalue weighted by molar-refractivity contribution is 5.90. The Kier molecular flexibility index (Phi) is 4.52. The molecule has 0 unspecified atom stereocenters. The maximum absolute atomic E-state index is 14.9. The molecule has 3 N–H and O–H groups in total. The highest BCUT2D eigenvalue weighted by Crippen LogP contribution is 2.50. The van der Waals surface area contributed by atoms with Crippen LogP contribution in [-0.2, 0) is 6.42 Å². The molecule has 1 aliphatic heterocycles. The SMILES string of the molecule is CNc1cc(F)c(C)c2c1Cc1nc(Oc3cnc(C)nc3)nc(N3C[C@H]4C[C@@H]3C[C@H]4N)c1-2. The van der Waals surface area contributed by atoms with Crippen molar-refractivity contribution in [1.82, 2.24) is 19.9 Å². The van der Waals surface area contributed by atoms with Crippen LogP contribution in [0.5, 0.6) is 11.8 Å². The Morgan fingerprint density at radius 3 is 2.61 bits per heavy atom. The average molecular weight is 448 g/mol. The largest absolute Gasteiger partial charge is 0.421 e. The van der Waals surface area contributed by atoms with E-state index in [1.807, 2.05) is 20.9 Å². The van der Waals surface area contributed by atoms with Gasteiger partial charge in [-0.15, -0.1) is 0 Å². The van der Waals surface area contributed by atoms with E-state index < -0.39 is 0 Å². The van der Waals surface area contributed by atoms with Gasteiger partial charge < -0.3 is 20.7 Å². The van der Waals surface area contributed by atoms with E-state index in [-0.39, 0.29) is 17.9 Å². The number of halogens is 1. The van der Waals surface area contributed by atoms with E-state index in [4.69, 9.17) is 20.4 Å². The summed E-state index contributed by atoms with van der Waals surface area (Å²) in [6, 6.07) is 2.36. The standard InChI is InChI=1S/C24H26FN7O/c1-11-17(25)7-19(27-3)16-6-20-22(21(11)16)23(32-10-13-4-14(32)5-18(13)26)31-24(30-20)33-15-8-28-12(2)29-9-15/h7-9,13-14,18,27H,4-6,10,26H2,1-3H3/t13-,14-,18-/m1/s1. The van der Waals surface area contributed by atoms with Crippen LogP contribution < -0.4 is 20.7 Å². The van der Waals surface area contributed by atoms with Crippen LogP contribution in [0.2, 0.25) is 0 Å². The van der Waals surface area contributed by atoms with Crippen molar-refractivity contribution < 1.29 is 9.13 Å². The fraction of sp³-hybridized carbons (Fsp3) is 0.417.